The number of anilines is 1. The van der Waals surface area contributed by atoms with Gasteiger partial charge in [0.1, 0.15) is 17.3 Å². The van der Waals surface area contributed by atoms with Crippen LogP contribution in [-0.4, -0.2) is 40.2 Å². The third-order valence-corrected chi connectivity index (χ3v) is 4.81. The maximum absolute atomic E-state index is 13.1. The first-order valence-corrected chi connectivity index (χ1v) is 9.58. The summed E-state index contributed by atoms with van der Waals surface area (Å²) in [5.74, 6) is -6.63. The Morgan fingerprint density at radius 1 is 0.871 bits per heavy atom. The second-order valence-electron chi connectivity index (χ2n) is 6.01. The highest BCUT2D eigenvalue weighted by Gasteiger charge is 2.41. The summed E-state index contributed by atoms with van der Waals surface area (Å²) in [5, 5.41) is 0. The van der Waals surface area contributed by atoms with Crippen molar-refractivity contribution in [2.75, 3.05) is 17.9 Å². The van der Waals surface area contributed by atoms with Crippen LogP contribution in [0.25, 0.3) is 0 Å². The summed E-state index contributed by atoms with van der Waals surface area (Å²) in [6, 6.07) is 5.68. The Kier molecular flexibility index (Phi) is 7.24. The summed E-state index contributed by atoms with van der Waals surface area (Å²) in [5.41, 5.74) is -0.487. The van der Waals surface area contributed by atoms with E-state index in [2.05, 4.69) is 9.47 Å². The van der Waals surface area contributed by atoms with Crippen LogP contribution in [0.3, 0.4) is 0 Å². The molecule has 0 saturated heterocycles. The number of benzene rings is 2. The Morgan fingerprint density at radius 3 is 1.87 bits per heavy atom. The van der Waals surface area contributed by atoms with Crippen LogP contribution in [0.4, 0.5) is 40.8 Å². The Morgan fingerprint density at radius 2 is 1.39 bits per heavy atom. The van der Waals surface area contributed by atoms with Gasteiger partial charge in [-0.1, -0.05) is 0 Å². The molecule has 0 bridgehead atoms. The van der Waals surface area contributed by atoms with E-state index in [4.69, 9.17) is 0 Å². The predicted octanol–water partition coefficient (Wildman–Crippen LogP) is 4.85. The van der Waals surface area contributed by atoms with Crippen molar-refractivity contribution in [3.05, 3.63) is 48.3 Å². The molecule has 0 heterocycles. The molecule has 2 rings (SSSR count). The molecule has 2 aromatic carbocycles. The highest BCUT2D eigenvalue weighted by Crippen LogP contribution is 2.31. The van der Waals surface area contributed by atoms with Crippen LogP contribution in [-0.2, 0) is 10.0 Å². The predicted molar refractivity (Wildman–Crippen MR) is 91.6 cm³/mol. The van der Waals surface area contributed by atoms with Crippen LogP contribution in [0.1, 0.15) is 0 Å². The zero-order valence-corrected chi connectivity index (χ0v) is 15.9. The summed E-state index contributed by atoms with van der Waals surface area (Å²) < 4.78 is 136. The van der Waals surface area contributed by atoms with Crippen molar-refractivity contribution in [3.63, 3.8) is 0 Å². The second kappa shape index (κ2) is 9.16. The molecule has 0 unspecified atom stereocenters. The van der Waals surface area contributed by atoms with Gasteiger partial charge >= 0.3 is 18.5 Å². The summed E-state index contributed by atoms with van der Waals surface area (Å²) in [4.78, 5) is -0.429. The van der Waals surface area contributed by atoms with Crippen LogP contribution in [0.2, 0.25) is 0 Å². The molecule has 1 N–H and O–H groups in total. The van der Waals surface area contributed by atoms with Gasteiger partial charge in [0.25, 0.3) is 10.0 Å². The molecule has 0 spiro atoms. The van der Waals surface area contributed by atoms with E-state index >= 15 is 0 Å². The number of halogens is 8. The summed E-state index contributed by atoms with van der Waals surface area (Å²) in [6.45, 7) is -3.65. The van der Waals surface area contributed by atoms with Crippen LogP contribution < -0.4 is 14.2 Å². The molecule has 0 fully saturated rings. The number of ether oxygens (including phenoxy) is 2. The van der Waals surface area contributed by atoms with E-state index in [-0.39, 0.29) is 0 Å². The number of nitrogens with one attached hydrogen (secondary N) is 1. The van der Waals surface area contributed by atoms with Gasteiger partial charge in [0.15, 0.2) is 13.2 Å². The van der Waals surface area contributed by atoms with Crippen LogP contribution >= 0.6 is 0 Å². The average Bonchev–Trinajstić information content (AvgIpc) is 2.64. The fraction of sp³-hybridized carbons (Fsp3) is 0.294. The van der Waals surface area contributed by atoms with Crippen molar-refractivity contribution in [2.45, 2.75) is 23.4 Å². The lowest BCUT2D eigenvalue weighted by atomic mass is 10.3. The van der Waals surface area contributed by atoms with Crippen molar-refractivity contribution in [3.8, 4) is 11.5 Å². The Hall–Kier alpha value is -2.77. The van der Waals surface area contributed by atoms with Gasteiger partial charge in [-0.3, -0.25) is 4.72 Å². The molecule has 5 nitrogen and oxygen atoms in total. The third-order valence-electron chi connectivity index (χ3n) is 3.41. The van der Waals surface area contributed by atoms with Gasteiger partial charge < -0.3 is 9.47 Å². The summed E-state index contributed by atoms with van der Waals surface area (Å²) in [6.07, 6.45) is -8.86. The monoisotopic (exact) mass is 479 g/mol. The molecule has 31 heavy (non-hydrogen) atoms. The maximum atomic E-state index is 13.1. The molecular formula is C17H13F8NO4S. The standard InChI is InChI=1S/C17H13F8NO4S/c18-10-1-3-14(4-2-10)31(27,28)26-11-5-12(29-8-16(21,22)15(19)20)7-13(6-11)30-9-17(23,24)25/h1-7,15,26H,8-9H2. The molecule has 0 aliphatic heterocycles. The van der Waals surface area contributed by atoms with E-state index in [9.17, 15) is 43.5 Å². The van der Waals surface area contributed by atoms with Crippen LogP contribution in [0.15, 0.2) is 47.4 Å². The lowest BCUT2D eigenvalue weighted by Crippen LogP contribution is -2.33. The van der Waals surface area contributed by atoms with E-state index in [0.717, 1.165) is 36.4 Å². The van der Waals surface area contributed by atoms with Crippen LogP contribution in [0.5, 0.6) is 11.5 Å². The van der Waals surface area contributed by atoms with Gasteiger partial charge in [0.2, 0.25) is 0 Å². The number of hydrogen-bond donors (Lipinski definition) is 1. The Bertz CT molecular complexity index is 994. The van der Waals surface area contributed by atoms with Crippen molar-refractivity contribution >= 4 is 15.7 Å². The summed E-state index contributed by atoms with van der Waals surface area (Å²) in [7, 11) is -4.38. The Labute approximate surface area is 170 Å². The molecule has 0 amide bonds. The van der Waals surface area contributed by atoms with E-state index < -0.39 is 69.7 Å². The quantitative estimate of drug-likeness (QED) is 0.523. The fourth-order valence-electron chi connectivity index (χ4n) is 2.03. The number of alkyl halides is 7. The van der Waals surface area contributed by atoms with Gasteiger partial charge in [0.05, 0.1) is 10.6 Å². The number of hydrogen-bond acceptors (Lipinski definition) is 4. The highest BCUT2D eigenvalue weighted by molar-refractivity contribution is 7.92. The SMILES string of the molecule is O=S(=O)(Nc1cc(OCC(F)(F)F)cc(OCC(F)(F)C(F)F)c1)c1ccc(F)cc1. The highest BCUT2D eigenvalue weighted by atomic mass is 32.2. The zero-order chi connectivity index (χ0) is 23.4. The smallest absolute Gasteiger partial charge is 0.422 e. The van der Waals surface area contributed by atoms with Crippen molar-refractivity contribution in [2.24, 2.45) is 0 Å². The van der Waals surface area contributed by atoms with E-state index in [1.807, 2.05) is 4.72 Å². The topological polar surface area (TPSA) is 64.6 Å². The van der Waals surface area contributed by atoms with E-state index in [1.54, 1.807) is 0 Å². The van der Waals surface area contributed by atoms with Crippen LogP contribution in [0, 0.1) is 5.82 Å². The van der Waals surface area contributed by atoms with Gasteiger partial charge in [-0.2, -0.15) is 22.0 Å². The van der Waals surface area contributed by atoms with Gasteiger partial charge in [-0.05, 0) is 24.3 Å². The molecule has 0 aliphatic rings. The van der Waals surface area contributed by atoms with Crippen molar-refractivity contribution < 1.29 is 53.0 Å². The van der Waals surface area contributed by atoms with Gasteiger partial charge in [-0.25, -0.2) is 21.6 Å². The molecule has 0 radical (unpaired) electrons. The zero-order valence-electron chi connectivity index (χ0n) is 15.1. The molecule has 172 valence electrons. The molecule has 0 saturated carbocycles. The van der Waals surface area contributed by atoms with Crippen molar-refractivity contribution in [1.29, 1.82) is 0 Å². The lowest BCUT2D eigenvalue weighted by molar-refractivity contribution is -0.153. The minimum absolute atomic E-state index is 0.429. The molecular weight excluding hydrogens is 466 g/mol. The molecule has 0 aliphatic carbocycles. The van der Waals surface area contributed by atoms with E-state index in [0.29, 0.717) is 6.07 Å². The molecule has 0 atom stereocenters. The number of rotatable bonds is 9. The summed E-state index contributed by atoms with van der Waals surface area (Å²) >= 11 is 0. The maximum Gasteiger partial charge on any atom is 0.422 e. The largest absolute Gasteiger partial charge is 0.487 e. The fourth-order valence-corrected chi connectivity index (χ4v) is 3.07. The van der Waals surface area contributed by atoms with Crippen molar-refractivity contribution in [1.82, 2.24) is 0 Å². The number of sulfonamides is 1. The first-order chi connectivity index (χ1) is 14.2. The average molecular weight is 479 g/mol. The normalized spacial score (nSPS) is 12.7. The third kappa shape index (κ3) is 7.45. The van der Waals surface area contributed by atoms with Gasteiger partial charge in [-0.15, -0.1) is 0 Å². The second-order valence-corrected chi connectivity index (χ2v) is 7.69. The van der Waals surface area contributed by atoms with E-state index in [1.165, 1.54) is 0 Å². The Balaban J connectivity index is 2.32. The van der Waals surface area contributed by atoms with Gasteiger partial charge in [0, 0.05) is 18.2 Å². The minimum Gasteiger partial charge on any atom is -0.487 e. The lowest BCUT2D eigenvalue weighted by Gasteiger charge is -2.18. The molecule has 14 heteroatoms. The molecule has 2 aromatic rings. The molecule has 0 aromatic heterocycles. The first-order valence-electron chi connectivity index (χ1n) is 8.10. The first kappa shape index (κ1) is 24.5. The minimum atomic E-state index is -4.78.